The van der Waals surface area contributed by atoms with Gasteiger partial charge in [-0.2, -0.15) is 8.42 Å². The van der Waals surface area contributed by atoms with Crippen molar-refractivity contribution in [2.24, 2.45) is 0 Å². The van der Waals surface area contributed by atoms with E-state index in [-0.39, 0.29) is 0 Å². The standard InChI is InChI=1S/C8H13N.CH4O3S/c1-2-3-6-9-7-4-5-8-9;1-5(2,3)4/h4-5,7-8H,2-3,6H2,1H3;1H3,(H,2,3,4). The summed E-state index contributed by atoms with van der Waals surface area (Å²) in [5.74, 6) is 0. The fraction of sp³-hybridized carbons (Fsp3) is 0.556. The van der Waals surface area contributed by atoms with Crippen molar-refractivity contribution in [2.75, 3.05) is 6.26 Å². The van der Waals surface area contributed by atoms with Gasteiger partial charge in [0.1, 0.15) is 0 Å². The molecule has 0 radical (unpaired) electrons. The number of rotatable bonds is 3. The Morgan fingerprint density at radius 3 is 2.07 bits per heavy atom. The molecule has 0 atom stereocenters. The van der Waals surface area contributed by atoms with Crippen molar-refractivity contribution in [1.29, 1.82) is 0 Å². The van der Waals surface area contributed by atoms with E-state index in [9.17, 15) is 8.42 Å². The van der Waals surface area contributed by atoms with Crippen molar-refractivity contribution in [3.63, 3.8) is 0 Å². The summed E-state index contributed by atoms with van der Waals surface area (Å²) >= 11 is 0. The molecule has 14 heavy (non-hydrogen) atoms. The lowest BCUT2D eigenvalue weighted by molar-refractivity contribution is 0.490. The highest BCUT2D eigenvalue weighted by Gasteiger charge is 1.84. The molecule has 0 saturated heterocycles. The Kier molecular flexibility index (Phi) is 6.23. The van der Waals surface area contributed by atoms with E-state index < -0.39 is 10.1 Å². The van der Waals surface area contributed by atoms with Crippen LogP contribution < -0.4 is 0 Å². The Balaban J connectivity index is 0.000000292. The summed E-state index contributed by atoms with van der Waals surface area (Å²) < 4.78 is 28.1. The van der Waals surface area contributed by atoms with Crippen molar-refractivity contribution >= 4 is 10.1 Å². The summed E-state index contributed by atoms with van der Waals surface area (Å²) in [6.07, 6.45) is 7.49. The van der Waals surface area contributed by atoms with Gasteiger partial charge in [-0.25, -0.2) is 0 Å². The third-order valence-electron chi connectivity index (χ3n) is 1.44. The average Bonchev–Trinajstić information content (AvgIpc) is 2.49. The number of hydrogen-bond acceptors (Lipinski definition) is 2. The summed E-state index contributed by atoms with van der Waals surface area (Å²) in [7, 11) is -3.67. The highest BCUT2D eigenvalue weighted by atomic mass is 32.2. The Labute approximate surface area is 85.3 Å². The van der Waals surface area contributed by atoms with Gasteiger partial charge in [-0.1, -0.05) is 13.3 Å². The van der Waals surface area contributed by atoms with Crippen LogP contribution in [-0.2, 0) is 16.7 Å². The summed E-state index contributed by atoms with van der Waals surface area (Å²) in [5.41, 5.74) is 0. The van der Waals surface area contributed by atoms with Crippen molar-refractivity contribution in [2.45, 2.75) is 26.3 Å². The van der Waals surface area contributed by atoms with Crippen LogP contribution in [0.3, 0.4) is 0 Å². The number of unbranched alkanes of at least 4 members (excludes halogenated alkanes) is 1. The molecule has 82 valence electrons. The van der Waals surface area contributed by atoms with Gasteiger partial charge in [0.2, 0.25) is 0 Å². The molecular weight excluding hydrogens is 202 g/mol. The first-order valence-corrected chi connectivity index (χ1v) is 6.31. The molecule has 1 N–H and O–H groups in total. The quantitative estimate of drug-likeness (QED) is 0.788. The molecule has 1 aromatic heterocycles. The minimum atomic E-state index is -3.67. The Morgan fingerprint density at radius 2 is 1.71 bits per heavy atom. The van der Waals surface area contributed by atoms with Crippen molar-refractivity contribution in [1.82, 2.24) is 4.57 Å². The molecule has 0 aliphatic heterocycles. The maximum atomic E-state index is 9.19. The van der Waals surface area contributed by atoms with Gasteiger partial charge in [0.05, 0.1) is 6.26 Å². The van der Waals surface area contributed by atoms with E-state index in [1.54, 1.807) is 0 Å². The van der Waals surface area contributed by atoms with E-state index >= 15 is 0 Å². The van der Waals surface area contributed by atoms with E-state index in [1.807, 2.05) is 0 Å². The molecule has 0 saturated carbocycles. The first kappa shape index (κ1) is 13.2. The Morgan fingerprint density at radius 1 is 1.29 bits per heavy atom. The van der Waals surface area contributed by atoms with Gasteiger partial charge in [0, 0.05) is 18.9 Å². The molecule has 0 spiro atoms. The van der Waals surface area contributed by atoms with Crippen LogP contribution in [0.5, 0.6) is 0 Å². The molecule has 1 aromatic rings. The second-order valence-corrected chi connectivity index (χ2v) is 4.47. The zero-order valence-electron chi connectivity index (χ0n) is 8.55. The number of aryl methyl sites for hydroxylation is 1. The minimum Gasteiger partial charge on any atom is -0.354 e. The minimum absolute atomic E-state index is 0.715. The molecule has 0 fully saturated rings. The lowest BCUT2D eigenvalue weighted by atomic mass is 10.3. The van der Waals surface area contributed by atoms with Crippen LogP contribution >= 0.6 is 0 Å². The van der Waals surface area contributed by atoms with Crippen molar-refractivity contribution in [3.05, 3.63) is 24.5 Å². The van der Waals surface area contributed by atoms with Crippen molar-refractivity contribution < 1.29 is 13.0 Å². The lowest BCUT2D eigenvalue weighted by Gasteiger charge is -1.97. The van der Waals surface area contributed by atoms with E-state index in [1.165, 1.54) is 19.4 Å². The predicted molar refractivity (Wildman–Crippen MR) is 56.8 cm³/mol. The van der Waals surface area contributed by atoms with E-state index in [0.29, 0.717) is 6.26 Å². The zero-order valence-corrected chi connectivity index (χ0v) is 9.37. The second-order valence-electron chi connectivity index (χ2n) is 3.01. The predicted octanol–water partition coefficient (Wildman–Crippen LogP) is 1.79. The third-order valence-corrected chi connectivity index (χ3v) is 1.44. The number of aromatic nitrogens is 1. The summed E-state index contributed by atoms with van der Waals surface area (Å²) in [6.45, 7) is 3.38. The highest BCUT2D eigenvalue weighted by molar-refractivity contribution is 7.85. The van der Waals surface area contributed by atoms with Gasteiger partial charge in [0.15, 0.2) is 0 Å². The molecule has 5 heteroatoms. The monoisotopic (exact) mass is 219 g/mol. The van der Waals surface area contributed by atoms with Crippen LogP contribution in [0.15, 0.2) is 24.5 Å². The van der Waals surface area contributed by atoms with E-state index in [4.69, 9.17) is 4.55 Å². The van der Waals surface area contributed by atoms with Crippen LogP contribution in [0.25, 0.3) is 0 Å². The number of hydrogen-bond donors (Lipinski definition) is 1. The lowest BCUT2D eigenvalue weighted by Crippen LogP contribution is -1.91. The molecule has 0 aliphatic carbocycles. The van der Waals surface area contributed by atoms with Crippen molar-refractivity contribution in [3.8, 4) is 0 Å². The van der Waals surface area contributed by atoms with Gasteiger partial charge in [-0.3, -0.25) is 4.55 Å². The maximum Gasteiger partial charge on any atom is 0.261 e. The maximum absolute atomic E-state index is 9.19. The summed E-state index contributed by atoms with van der Waals surface area (Å²) in [5, 5.41) is 0. The molecule has 0 amide bonds. The van der Waals surface area contributed by atoms with Crippen LogP contribution in [0.4, 0.5) is 0 Å². The van der Waals surface area contributed by atoms with Gasteiger partial charge in [-0.15, -0.1) is 0 Å². The molecule has 0 aromatic carbocycles. The number of nitrogens with zero attached hydrogens (tertiary/aromatic N) is 1. The fourth-order valence-electron chi connectivity index (χ4n) is 0.860. The Bertz CT molecular complexity index is 308. The SMILES string of the molecule is CCCCn1cccc1.CS(=O)(=O)O. The molecular formula is C9H17NO3S. The van der Waals surface area contributed by atoms with Gasteiger partial charge in [-0.05, 0) is 18.6 Å². The third kappa shape index (κ3) is 11.2. The molecule has 0 bridgehead atoms. The van der Waals surface area contributed by atoms with Crippen LogP contribution in [0.2, 0.25) is 0 Å². The molecule has 1 heterocycles. The molecule has 0 unspecified atom stereocenters. The Hall–Kier alpha value is -0.810. The van der Waals surface area contributed by atoms with E-state index in [0.717, 1.165) is 0 Å². The van der Waals surface area contributed by atoms with Gasteiger partial charge < -0.3 is 4.57 Å². The first-order chi connectivity index (χ1) is 6.43. The normalized spacial score (nSPS) is 10.5. The van der Waals surface area contributed by atoms with Gasteiger partial charge in [0.25, 0.3) is 10.1 Å². The largest absolute Gasteiger partial charge is 0.354 e. The topological polar surface area (TPSA) is 59.3 Å². The van der Waals surface area contributed by atoms with Crippen LogP contribution in [-0.4, -0.2) is 23.8 Å². The second kappa shape index (κ2) is 6.62. The zero-order chi connectivity index (χ0) is 11.0. The average molecular weight is 219 g/mol. The van der Waals surface area contributed by atoms with Gasteiger partial charge >= 0.3 is 0 Å². The molecule has 0 aliphatic rings. The van der Waals surface area contributed by atoms with Crippen LogP contribution in [0, 0.1) is 0 Å². The highest BCUT2D eigenvalue weighted by Crippen LogP contribution is 1.94. The van der Waals surface area contributed by atoms with Crippen LogP contribution in [0.1, 0.15) is 19.8 Å². The van der Waals surface area contributed by atoms with E-state index in [2.05, 4.69) is 36.0 Å². The first-order valence-electron chi connectivity index (χ1n) is 4.46. The smallest absolute Gasteiger partial charge is 0.261 e. The summed E-state index contributed by atoms with van der Waals surface area (Å²) in [6, 6.07) is 4.13. The fourth-order valence-corrected chi connectivity index (χ4v) is 0.860. The molecule has 4 nitrogen and oxygen atoms in total. The summed E-state index contributed by atoms with van der Waals surface area (Å²) in [4.78, 5) is 0. The molecule has 1 rings (SSSR count).